The Morgan fingerprint density at radius 3 is 2.48 bits per heavy atom. The molecule has 0 radical (unpaired) electrons. The molecule has 1 aromatic rings. The molecule has 146 valence electrons. The highest BCUT2D eigenvalue weighted by atomic mass is 35.5. The van der Waals surface area contributed by atoms with Gasteiger partial charge in [0.25, 0.3) is 5.92 Å². The molecule has 2 atom stereocenters. The zero-order chi connectivity index (χ0) is 19.4. The van der Waals surface area contributed by atoms with Gasteiger partial charge in [-0.3, -0.25) is 0 Å². The van der Waals surface area contributed by atoms with Gasteiger partial charge >= 0.3 is 12.0 Å². The van der Waals surface area contributed by atoms with Crippen molar-refractivity contribution in [1.82, 2.24) is 4.90 Å². The number of carbonyl (C=O) groups excluding carboxylic acids is 2. The molecule has 2 aliphatic heterocycles. The monoisotopic (exact) mass is 398 g/mol. The van der Waals surface area contributed by atoms with Gasteiger partial charge in [-0.2, -0.15) is 0 Å². The number of esters is 1. The summed E-state index contributed by atoms with van der Waals surface area (Å²) in [5.41, 5.74) is -0.300. The zero-order valence-corrected chi connectivity index (χ0v) is 15.7. The number of carbonyl (C=O) groups is 2. The molecular weight excluding hydrogens is 378 g/mol. The SMILES string of the molecule is CCOC(=O)c1cc(NC(=O)N2C3CCC2CC2(C3)CC2(F)F)ccc1Cl. The smallest absolute Gasteiger partial charge is 0.339 e. The Labute approximate surface area is 161 Å². The normalized spacial score (nSPS) is 30.3. The van der Waals surface area contributed by atoms with Crippen LogP contribution in [0, 0.1) is 5.41 Å². The minimum Gasteiger partial charge on any atom is -0.462 e. The van der Waals surface area contributed by atoms with Crippen LogP contribution in [0.4, 0.5) is 19.3 Å². The largest absolute Gasteiger partial charge is 0.462 e. The summed E-state index contributed by atoms with van der Waals surface area (Å²) < 4.78 is 32.5. The number of hydrogen-bond donors (Lipinski definition) is 1. The molecule has 1 N–H and O–H groups in total. The lowest BCUT2D eigenvalue weighted by Crippen LogP contribution is -2.49. The average molecular weight is 399 g/mol. The first-order chi connectivity index (χ1) is 12.8. The molecule has 1 spiro atoms. The van der Waals surface area contributed by atoms with Crippen LogP contribution in [0.15, 0.2) is 18.2 Å². The van der Waals surface area contributed by atoms with Gasteiger partial charge in [-0.05, 0) is 50.8 Å². The van der Waals surface area contributed by atoms with Crippen LogP contribution in [0.2, 0.25) is 5.02 Å². The van der Waals surface area contributed by atoms with Gasteiger partial charge in [-0.25, -0.2) is 18.4 Å². The summed E-state index contributed by atoms with van der Waals surface area (Å²) in [6, 6.07) is 3.96. The number of halogens is 3. The minimum absolute atomic E-state index is 0.0530. The number of anilines is 1. The summed E-state index contributed by atoms with van der Waals surface area (Å²) in [6.45, 7) is 1.91. The molecule has 1 aromatic carbocycles. The van der Waals surface area contributed by atoms with Crippen molar-refractivity contribution >= 4 is 29.3 Å². The highest BCUT2D eigenvalue weighted by Gasteiger charge is 2.74. The molecule has 2 saturated heterocycles. The number of alkyl halides is 2. The number of rotatable bonds is 3. The maximum Gasteiger partial charge on any atom is 0.339 e. The predicted octanol–water partition coefficient (Wildman–Crippen LogP) is 4.70. The zero-order valence-electron chi connectivity index (χ0n) is 14.9. The van der Waals surface area contributed by atoms with E-state index < -0.39 is 17.3 Å². The van der Waals surface area contributed by atoms with E-state index in [0.29, 0.717) is 18.5 Å². The number of nitrogens with zero attached hydrogens (tertiary/aromatic N) is 1. The highest BCUT2D eigenvalue weighted by molar-refractivity contribution is 6.33. The molecule has 27 heavy (non-hydrogen) atoms. The summed E-state index contributed by atoms with van der Waals surface area (Å²) in [5, 5.41) is 3.02. The van der Waals surface area contributed by atoms with Crippen LogP contribution >= 0.6 is 11.6 Å². The third kappa shape index (κ3) is 3.06. The van der Waals surface area contributed by atoms with Crippen LogP contribution in [0.3, 0.4) is 0 Å². The first-order valence-corrected chi connectivity index (χ1v) is 9.58. The van der Waals surface area contributed by atoms with Crippen molar-refractivity contribution in [3.63, 3.8) is 0 Å². The number of hydrogen-bond acceptors (Lipinski definition) is 3. The Kier molecular flexibility index (Phi) is 4.33. The lowest BCUT2D eigenvalue weighted by molar-refractivity contribution is 0.0186. The van der Waals surface area contributed by atoms with Crippen LogP contribution < -0.4 is 5.32 Å². The van der Waals surface area contributed by atoms with Crippen molar-refractivity contribution < 1.29 is 23.1 Å². The fraction of sp³-hybridized carbons (Fsp3) is 0.579. The summed E-state index contributed by atoms with van der Waals surface area (Å²) in [5.74, 6) is -3.14. The summed E-state index contributed by atoms with van der Waals surface area (Å²) in [6.07, 6.45) is 2.18. The van der Waals surface area contributed by atoms with E-state index in [1.165, 1.54) is 12.1 Å². The summed E-state index contributed by atoms with van der Waals surface area (Å²) >= 11 is 6.04. The number of fused-ring (bicyclic) bond motifs is 2. The van der Waals surface area contributed by atoms with E-state index in [0.717, 1.165) is 12.8 Å². The number of nitrogens with one attached hydrogen (secondary N) is 1. The Hall–Kier alpha value is -1.89. The fourth-order valence-corrected chi connectivity index (χ4v) is 4.85. The Balaban J connectivity index is 1.48. The van der Waals surface area contributed by atoms with Gasteiger partial charge < -0.3 is 15.0 Å². The molecule has 1 aliphatic carbocycles. The number of piperidine rings is 1. The quantitative estimate of drug-likeness (QED) is 0.751. The Morgan fingerprint density at radius 1 is 1.30 bits per heavy atom. The van der Waals surface area contributed by atoms with Gasteiger partial charge in [0.05, 0.1) is 17.2 Å². The van der Waals surface area contributed by atoms with Crippen molar-refractivity contribution in [3.8, 4) is 0 Å². The fourth-order valence-electron chi connectivity index (χ4n) is 4.66. The van der Waals surface area contributed by atoms with Crippen molar-refractivity contribution in [2.24, 2.45) is 5.41 Å². The molecule has 3 fully saturated rings. The van der Waals surface area contributed by atoms with Crippen molar-refractivity contribution in [1.29, 1.82) is 0 Å². The topological polar surface area (TPSA) is 58.6 Å². The van der Waals surface area contributed by atoms with Gasteiger partial charge in [-0.15, -0.1) is 0 Å². The van der Waals surface area contributed by atoms with Gasteiger partial charge in [0.1, 0.15) is 0 Å². The highest BCUT2D eigenvalue weighted by Crippen LogP contribution is 2.69. The average Bonchev–Trinajstić information content (AvgIpc) is 2.98. The van der Waals surface area contributed by atoms with Crippen molar-refractivity contribution in [2.75, 3.05) is 11.9 Å². The molecule has 2 unspecified atom stereocenters. The second kappa shape index (κ2) is 6.33. The van der Waals surface area contributed by atoms with Crippen LogP contribution in [0.25, 0.3) is 0 Å². The first kappa shape index (κ1) is 18.5. The van der Waals surface area contributed by atoms with E-state index >= 15 is 0 Å². The van der Waals surface area contributed by atoms with Crippen molar-refractivity contribution in [3.05, 3.63) is 28.8 Å². The molecule has 8 heteroatoms. The molecule has 3 aliphatic rings. The third-order valence-corrected chi connectivity index (χ3v) is 6.36. The van der Waals surface area contributed by atoms with Crippen LogP contribution in [-0.4, -0.2) is 41.5 Å². The third-order valence-electron chi connectivity index (χ3n) is 6.03. The summed E-state index contributed by atoms with van der Waals surface area (Å²) in [4.78, 5) is 26.5. The lowest BCUT2D eigenvalue weighted by atomic mass is 9.87. The van der Waals surface area contributed by atoms with E-state index in [1.54, 1.807) is 17.9 Å². The molecule has 0 aromatic heterocycles. The van der Waals surface area contributed by atoms with Crippen molar-refractivity contribution in [2.45, 2.75) is 57.0 Å². The van der Waals surface area contributed by atoms with Gasteiger partial charge in [0.15, 0.2) is 0 Å². The number of amides is 2. The molecule has 1 saturated carbocycles. The van der Waals surface area contributed by atoms with E-state index in [4.69, 9.17) is 16.3 Å². The second-order valence-corrected chi connectivity index (χ2v) is 8.11. The van der Waals surface area contributed by atoms with Crippen LogP contribution in [-0.2, 0) is 4.74 Å². The maximum atomic E-state index is 13.8. The lowest BCUT2D eigenvalue weighted by Gasteiger charge is -2.39. The van der Waals surface area contributed by atoms with E-state index in [1.807, 2.05) is 0 Å². The van der Waals surface area contributed by atoms with Gasteiger partial charge in [-0.1, -0.05) is 11.6 Å². The Bertz CT molecular complexity index is 787. The van der Waals surface area contributed by atoms with E-state index in [2.05, 4.69) is 5.32 Å². The molecule has 2 heterocycles. The standard InChI is InChI=1S/C19H21ClF2N2O3/c1-2-27-16(25)14-7-11(3-6-15(14)20)23-17(26)24-12-4-5-13(24)9-18(8-12)10-19(18,21)22/h3,6-7,12-13H,2,4-5,8-10H2,1H3,(H,23,26). The maximum absolute atomic E-state index is 13.8. The predicted molar refractivity (Wildman–Crippen MR) is 96.3 cm³/mol. The second-order valence-electron chi connectivity index (χ2n) is 7.71. The molecule has 2 amide bonds. The molecule has 4 rings (SSSR count). The minimum atomic E-state index is -2.58. The molecular formula is C19H21ClF2N2O3. The number of urea groups is 1. The van der Waals surface area contributed by atoms with Gasteiger partial charge in [0.2, 0.25) is 0 Å². The Morgan fingerprint density at radius 2 is 1.93 bits per heavy atom. The first-order valence-electron chi connectivity index (χ1n) is 9.20. The van der Waals surface area contributed by atoms with Gasteiger partial charge in [0, 0.05) is 29.6 Å². The van der Waals surface area contributed by atoms with Crippen LogP contribution in [0.1, 0.15) is 49.4 Å². The van der Waals surface area contributed by atoms with Crippen LogP contribution in [0.5, 0.6) is 0 Å². The van der Waals surface area contributed by atoms with E-state index in [9.17, 15) is 18.4 Å². The molecule has 2 bridgehead atoms. The number of ether oxygens (including phenoxy) is 1. The number of benzene rings is 1. The van der Waals surface area contributed by atoms with E-state index in [-0.39, 0.29) is 41.7 Å². The molecule has 5 nitrogen and oxygen atoms in total. The summed E-state index contributed by atoms with van der Waals surface area (Å²) in [7, 11) is 0.